The highest BCUT2D eigenvalue weighted by Gasteiger charge is 2.32. The summed E-state index contributed by atoms with van der Waals surface area (Å²) in [5.41, 5.74) is 2.84. The van der Waals surface area contributed by atoms with E-state index in [-0.39, 0.29) is 11.5 Å². The molecule has 3 aromatic rings. The van der Waals surface area contributed by atoms with Crippen LogP contribution in [0.1, 0.15) is 40.0 Å². The number of rotatable bonds is 5. The average Bonchev–Trinajstić information content (AvgIpc) is 2.83. The standard InChI is InChI=1S/C26H24F3N3O/c27-26(28,29)23-9-5-4-8-21(23)16-19-12-14-32(15-13-19)22-10-11-24(30-18-22)25(33)31-17-20-6-2-1-3-7-20/h1-11,16,18H,12-15,17H2,(H,31,33). The predicted molar refractivity (Wildman–Crippen MR) is 123 cm³/mol. The van der Waals surface area contributed by atoms with Crippen LogP contribution in [-0.4, -0.2) is 24.0 Å². The number of benzene rings is 2. The highest BCUT2D eigenvalue weighted by atomic mass is 19.4. The number of hydrogen-bond donors (Lipinski definition) is 1. The maximum absolute atomic E-state index is 13.2. The van der Waals surface area contributed by atoms with Crippen LogP contribution < -0.4 is 10.2 Å². The maximum Gasteiger partial charge on any atom is 0.416 e. The van der Waals surface area contributed by atoms with E-state index in [0.717, 1.165) is 22.9 Å². The van der Waals surface area contributed by atoms with Gasteiger partial charge in [-0.3, -0.25) is 4.79 Å². The normalized spacial score (nSPS) is 14.2. The lowest BCUT2D eigenvalue weighted by molar-refractivity contribution is -0.137. The Morgan fingerprint density at radius 3 is 2.33 bits per heavy atom. The summed E-state index contributed by atoms with van der Waals surface area (Å²) in [5, 5.41) is 2.86. The molecular formula is C26H24F3N3O. The van der Waals surface area contributed by atoms with Gasteiger partial charge in [-0.2, -0.15) is 13.2 Å². The largest absolute Gasteiger partial charge is 0.416 e. The van der Waals surface area contributed by atoms with Crippen molar-refractivity contribution in [2.24, 2.45) is 0 Å². The first kappa shape index (κ1) is 22.6. The van der Waals surface area contributed by atoms with Crippen LogP contribution >= 0.6 is 0 Å². The van der Waals surface area contributed by atoms with E-state index in [2.05, 4.69) is 15.2 Å². The summed E-state index contributed by atoms with van der Waals surface area (Å²) in [6.07, 6.45) is 0.315. The van der Waals surface area contributed by atoms with Crippen LogP contribution in [0, 0.1) is 0 Å². The van der Waals surface area contributed by atoms with Gasteiger partial charge in [-0.1, -0.05) is 60.2 Å². The van der Waals surface area contributed by atoms with Crippen molar-refractivity contribution in [1.29, 1.82) is 0 Å². The summed E-state index contributed by atoms with van der Waals surface area (Å²) < 4.78 is 39.7. The van der Waals surface area contributed by atoms with Gasteiger partial charge >= 0.3 is 6.18 Å². The smallest absolute Gasteiger partial charge is 0.370 e. The molecule has 0 spiro atoms. The first-order valence-electron chi connectivity index (χ1n) is 10.8. The van der Waals surface area contributed by atoms with Gasteiger partial charge < -0.3 is 10.2 Å². The molecule has 0 saturated carbocycles. The Morgan fingerprint density at radius 2 is 1.67 bits per heavy atom. The van der Waals surface area contributed by atoms with Gasteiger partial charge in [0.25, 0.3) is 5.91 Å². The van der Waals surface area contributed by atoms with Gasteiger partial charge in [-0.15, -0.1) is 0 Å². The van der Waals surface area contributed by atoms with Crippen LogP contribution in [0.25, 0.3) is 6.08 Å². The van der Waals surface area contributed by atoms with Gasteiger partial charge in [0.05, 0.1) is 17.4 Å². The number of hydrogen-bond acceptors (Lipinski definition) is 3. The second-order valence-electron chi connectivity index (χ2n) is 7.94. The molecule has 0 bridgehead atoms. The zero-order valence-corrected chi connectivity index (χ0v) is 18.0. The van der Waals surface area contributed by atoms with Crippen LogP contribution in [0.3, 0.4) is 0 Å². The molecule has 1 aromatic heterocycles. The lowest BCUT2D eigenvalue weighted by atomic mass is 9.98. The second-order valence-corrected chi connectivity index (χ2v) is 7.94. The number of carbonyl (C=O) groups is 1. The summed E-state index contributed by atoms with van der Waals surface area (Å²) >= 11 is 0. The quantitative estimate of drug-likeness (QED) is 0.540. The Balaban J connectivity index is 1.35. The minimum Gasteiger partial charge on any atom is -0.370 e. The zero-order valence-electron chi connectivity index (χ0n) is 18.0. The molecule has 1 amide bonds. The molecule has 0 aliphatic carbocycles. The Kier molecular flexibility index (Phi) is 6.77. The minimum absolute atomic E-state index is 0.209. The van der Waals surface area contributed by atoms with Crippen molar-refractivity contribution in [2.75, 3.05) is 18.0 Å². The lowest BCUT2D eigenvalue weighted by Crippen LogP contribution is -2.31. The molecule has 170 valence electrons. The first-order chi connectivity index (χ1) is 15.9. The number of halogens is 3. The number of anilines is 1. The number of alkyl halides is 3. The van der Waals surface area contributed by atoms with Crippen LogP contribution in [-0.2, 0) is 12.7 Å². The number of aromatic nitrogens is 1. The summed E-state index contributed by atoms with van der Waals surface area (Å²) in [6, 6.07) is 18.9. The van der Waals surface area contributed by atoms with Crippen LogP contribution in [0.15, 0.2) is 78.5 Å². The van der Waals surface area contributed by atoms with Crippen molar-refractivity contribution in [2.45, 2.75) is 25.6 Å². The Labute approximate surface area is 190 Å². The van der Waals surface area contributed by atoms with Crippen molar-refractivity contribution in [1.82, 2.24) is 10.3 Å². The van der Waals surface area contributed by atoms with E-state index >= 15 is 0 Å². The number of piperidine rings is 1. The van der Waals surface area contributed by atoms with Gasteiger partial charge in [-0.25, -0.2) is 4.98 Å². The van der Waals surface area contributed by atoms with Gasteiger partial charge in [0, 0.05) is 19.6 Å². The van der Waals surface area contributed by atoms with Crippen molar-refractivity contribution < 1.29 is 18.0 Å². The van der Waals surface area contributed by atoms with E-state index in [1.165, 1.54) is 12.1 Å². The Hall–Kier alpha value is -3.61. The summed E-state index contributed by atoms with van der Waals surface area (Å²) in [6.45, 7) is 1.80. The van der Waals surface area contributed by atoms with Crippen molar-refractivity contribution in [3.63, 3.8) is 0 Å². The fraction of sp³-hybridized carbons (Fsp3) is 0.231. The molecule has 0 radical (unpaired) electrons. The van der Waals surface area contributed by atoms with Crippen molar-refractivity contribution in [3.8, 4) is 0 Å². The Bertz CT molecular complexity index is 1120. The van der Waals surface area contributed by atoms with Crippen molar-refractivity contribution in [3.05, 3.63) is 101 Å². The topological polar surface area (TPSA) is 45.2 Å². The van der Waals surface area contributed by atoms with E-state index in [0.29, 0.717) is 38.2 Å². The Morgan fingerprint density at radius 1 is 0.970 bits per heavy atom. The second kappa shape index (κ2) is 9.90. The highest BCUT2D eigenvalue weighted by Crippen LogP contribution is 2.34. The van der Waals surface area contributed by atoms with Crippen molar-refractivity contribution >= 4 is 17.7 Å². The fourth-order valence-corrected chi connectivity index (χ4v) is 3.87. The average molecular weight is 451 g/mol. The van der Waals surface area contributed by atoms with Crippen LogP contribution in [0.2, 0.25) is 0 Å². The first-order valence-corrected chi connectivity index (χ1v) is 10.8. The summed E-state index contributed by atoms with van der Waals surface area (Å²) in [7, 11) is 0. The molecule has 2 heterocycles. The molecule has 4 rings (SSSR count). The summed E-state index contributed by atoms with van der Waals surface area (Å²) in [4.78, 5) is 18.8. The van der Waals surface area contributed by atoms with E-state index in [9.17, 15) is 18.0 Å². The highest BCUT2D eigenvalue weighted by molar-refractivity contribution is 5.92. The van der Waals surface area contributed by atoms with Crippen LogP contribution in [0.4, 0.5) is 18.9 Å². The van der Waals surface area contributed by atoms with Gasteiger partial charge in [-0.05, 0) is 42.2 Å². The molecule has 0 atom stereocenters. The van der Waals surface area contributed by atoms with E-state index in [1.54, 1.807) is 24.4 Å². The predicted octanol–water partition coefficient (Wildman–Crippen LogP) is 5.71. The minimum atomic E-state index is -4.37. The molecule has 4 nitrogen and oxygen atoms in total. The number of carbonyl (C=O) groups excluding carboxylic acids is 1. The maximum atomic E-state index is 13.2. The summed E-state index contributed by atoms with van der Waals surface area (Å²) in [5.74, 6) is -0.238. The molecule has 1 fully saturated rings. The molecule has 0 unspecified atom stereocenters. The molecule has 1 N–H and O–H groups in total. The number of nitrogens with zero attached hydrogens (tertiary/aromatic N) is 2. The third-order valence-electron chi connectivity index (χ3n) is 5.67. The monoisotopic (exact) mass is 451 g/mol. The number of pyridine rings is 1. The van der Waals surface area contributed by atoms with Gasteiger partial charge in [0.15, 0.2) is 0 Å². The third-order valence-corrected chi connectivity index (χ3v) is 5.67. The zero-order chi connectivity index (χ0) is 23.3. The molecule has 2 aromatic carbocycles. The van der Waals surface area contributed by atoms with E-state index in [4.69, 9.17) is 0 Å². The molecule has 1 aliphatic heterocycles. The van der Waals surface area contributed by atoms with E-state index < -0.39 is 11.7 Å². The fourth-order valence-electron chi connectivity index (χ4n) is 3.87. The molecule has 1 saturated heterocycles. The molecule has 33 heavy (non-hydrogen) atoms. The molecule has 1 aliphatic rings. The van der Waals surface area contributed by atoms with Gasteiger partial charge in [0.2, 0.25) is 0 Å². The van der Waals surface area contributed by atoms with Gasteiger partial charge in [0.1, 0.15) is 5.69 Å². The van der Waals surface area contributed by atoms with E-state index in [1.807, 2.05) is 36.4 Å². The molecule has 7 heteroatoms. The van der Waals surface area contributed by atoms with Crippen LogP contribution in [0.5, 0.6) is 0 Å². The third kappa shape index (κ3) is 5.80. The lowest BCUT2D eigenvalue weighted by Gasteiger charge is -2.30. The SMILES string of the molecule is O=C(NCc1ccccc1)c1ccc(N2CCC(=Cc3ccccc3C(F)(F)F)CC2)cn1. The number of nitrogens with one attached hydrogen (secondary N) is 1. The number of amides is 1. The molecular weight excluding hydrogens is 427 g/mol.